The van der Waals surface area contributed by atoms with Crippen LogP contribution in [0.5, 0.6) is 5.75 Å². The molecule has 8 heteroatoms. The summed E-state index contributed by atoms with van der Waals surface area (Å²) < 4.78 is 34.9. The van der Waals surface area contributed by atoms with Crippen molar-refractivity contribution >= 4 is 27.5 Å². The Bertz CT molecular complexity index is 982. The number of anilines is 1. The van der Waals surface area contributed by atoms with Crippen molar-refractivity contribution in [3.63, 3.8) is 0 Å². The lowest BCUT2D eigenvalue weighted by molar-refractivity contribution is 0.0474. The minimum Gasteiger partial charge on any atom is -0.497 e. The molecule has 3 rings (SSSR count). The summed E-state index contributed by atoms with van der Waals surface area (Å²) in [5.74, 6) is -0.336. The number of hydrogen-bond donors (Lipinski definition) is 0. The predicted octanol–water partition coefficient (Wildman–Crippen LogP) is 2.06. The Morgan fingerprint density at radius 1 is 1.07 bits per heavy atom. The number of nitrogens with zero attached hydrogens (tertiary/aromatic N) is 1. The molecule has 2 aromatic rings. The second-order valence-corrected chi connectivity index (χ2v) is 8.06. The molecule has 0 fully saturated rings. The van der Waals surface area contributed by atoms with Crippen molar-refractivity contribution in [3.8, 4) is 5.75 Å². The van der Waals surface area contributed by atoms with Crippen LogP contribution >= 0.6 is 0 Å². The topological polar surface area (TPSA) is 90.0 Å². The van der Waals surface area contributed by atoms with Crippen molar-refractivity contribution in [2.45, 2.75) is 6.42 Å². The molecule has 0 N–H and O–H groups in total. The first-order chi connectivity index (χ1) is 12.8. The summed E-state index contributed by atoms with van der Waals surface area (Å²) in [6.45, 7) is -0.0301. The summed E-state index contributed by atoms with van der Waals surface area (Å²) in [5, 5.41) is 0. The van der Waals surface area contributed by atoms with E-state index in [4.69, 9.17) is 9.47 Å². The van der Waals surface area contributed by atoms with Crippen LogP contribution in [0, 0.1) is 0 Å². The first kappa shape index (κ1) is 18.9. The molecule has 142 valence electrons. The molecule has 7 nitrogen and oxygen atoms in total. The zero-order valence-corrected chi connectivity index (χ0v) is 15.8. The summed E-state index contributed by atoms with van der Waals surface area (Å²) in [4.78, 5) is 24.4. The summed E-state index contributed by atoms with van der Waals surface area (Å²) in [6.07, 6.45) is 1.69. The SMILES string of the molecule is COc1ccc(C(=O)OCC(=O)c2ccc3c(c2)CCN3S(C)(=O)=O)cc1. The van der Waals surface area contributed by atoms with E-state index in [-0.39, 0.29) is 12.4 Å². The lowest BCUT2D eigenvalue weighted by Gasteiger charge is -2.16. The van der Waals surface area contributed by atoms with E-state index < -0.39 is 16.0 Å². The summed E-state index contributed by atoms with van der Waals surface area (Å²) in [5.41, 5.74) is 2.07. The molecule has 1 aliphatic heterocycles. The number of rotatable bonds is 6. The second-order valence-electron chi connectivity index (χ2n) is 6.16. The Morgan fingerprint density at radius 3 is 2.37 bits per heavy atom. The number of benzene rings is 2. The van der Waals surface area contributed by atoms with Crippen LogP contribution in [-0.2, 0) is 21.2 Å². The largest absolute Gasteiger partial charge is 0.497 e. The van der Waals surface area contributed by atoms with Gasteiger partial charge in [-0.05, 0) is 54.4 Å². The van der Waals surface area contributed by atoms with E-state index in [0.29, 0.717) is 35.5 Å². The predicted molar refractivity (Wildman–Crippen MR) is 99.9 cm³/mol. The molecule has 2 aromatic carbocycles. The van der Waals surface area contributed by atoms with Gasteiger partial charge in [-0.1, -0.05) is 0 Å². The first-order valence-electron chi connectivity index (χ1n) is 8.24. The Kier molecular flexibility index (Phi) is 5.18. The number of carbonyl (C=O) groups excluding carboxylic acids is 2. The van der Waals surface area contributed by atoms with E-state index in [1.54, 1.807) is 42.5 Å². The van der Waals surface area contributed by atoms with Crippen molar-refractivity contribution in [2.24, 2.45) is 0 Å². The van der Waals surface area contributed by atoms with E-state index in [1.165, 1.54) is 11.4 Å². The zero-order chi connectivity index (χ0) is 19.6. The molecule has 0 amide bonds. The van der Waals surface area contributed by atoms with Gasteiger partial charge in [0.2, 0.25) is 10.0 Å². The van der Waals surface area contributed by atoms with Crippen LogP contribution < -0.4 is 9.04 Å². The van der Waals surface area contributed by atoms with E-state index in [2.05, 4.69) is 0 Å². The number of carbonyl (C=O) groups is 2. The highest BCUT2D eigenvalue weighted by Gasteiger charge is 2.26. The molecular weight excluding hydrogens is 370 g/mol. The van der Waals surface area contributed by atoms with Gasteiger partial charge in [0.25, 0.3) is 0 Å². The third-order valence-corrected chi connectivity index (χ3v) is 5.49. The molecule has 0 atom stereocenters. The van der Waals surface area contributed by atoms with E-state index in [9.17, 15) is 18.0 Å². The smallest absolute Gasteiger partial charge is 0.338 e. The number of hydrogen-bond acceptors (Lipinski definition) is 6. The van der Waals surface area contributed by atoms with Crippen LogP contribution in [0.15, 0.2) is 42.5 Å². The fraction of sp³-hybridized carbons (Fsp3) is 0.263. The summed E-state index contributed by atoms with van der Waals surface area (Å²) in [7, 11) is -1.81. The molecule has 0 spiro atoms. The van der Waals surface area contributed by atoms with Gasteiger partial charge in [-0.3, -0.25) is 9.10 Å². The molecule has 27 heavy (non-hydrogen) atoms. The maximum absolute atomic E-state index is 12.3. The molecule has 1 heterocycles. The van der Waals surface area contributed by atoms with Crippen molar-refractivity contribution in [2.75, 3.05) is 30.8 Å². The van der Waals surface area contributed by atoms with Crippen molar-refractivity contribution in [1.82, 2.24) is 0 Å². The number of ether oxygens (including phenoxy) is 2. The Morgan fingerprint density at radius 2 is 1.74 bits per heavy atom. The maximum Gasteiger partial charge on any atom is 0.338 e. The number of esters is 1. The van der Waals surface area contributed by atoms with Crippen LogP contribution in [0.2, 0.25) is 0 Å². The molecule has 0 unspecified atom stereocenters. The fourth-order valence-corrected chi connectivity index (χ4v) is 3.87. The average molecular weight is 389 g/mol. The van der Waals surface area contributed by atoms with Crippen molar-refractivity contribution in [3.05, 3.63) is 59.2 Å². The van der Waals surface area contributed by atoms with Crippen LogP contribution in [-0.4, -0.2) is 46.7 Å². The van der Waals surface area contributed by atoms with E-state index >= 15 is 0 Å². The summed E-state index contributed by atoms with van der Waals surface area (Å²) in [6, 6.07) is 11.2. The molecule has 1 aliphatic rings. The third-order valence-electron chi connectivity index (χ3n) is 4.31. The van der Waals surface area contributed by atoms with Gasteiger partial charge in [0.15, 0.2) is 12.4 Å². The third kappa shape index (κ3) is 4.11. The van der Waals surface area contributed by atoms with Gasteiger partial charge in [-0.25, -0.2) is 13.2 Å². The van der Waals surface area contributed by atoms with Crippen molar-refractivity contribution < 1.29 is 27.5 Å². The van der Waals surface area contributed by atoms with Gasteiger partial charge in [0.05, 0.1) is 24.6 Å². The van der Waals surface area contributed by atoms with Gasteiger partial charge >= 0.3 is 5.97 Å². The van der Waals surface area contributed by atoms with Crippen LogP contribution in [0.4, 0.5) is 5.69 Å². The molecule has 0 aliphatic carbocycles. The Hall–Kier alpha value is -2.87. The van der Waals surface area contributed by atoms with E-state index in [1.807, 2.05) is 0 Å². The highest BCUT2D eigenvalue weighted by molar-refractivity contribution is 7.92. The first-order valence-corrected chi connectivity index (χ1v) is 10.1. The normalized spacial score (nSPS) is 13.2. The molecule has 0 aromatic heterocycles. The average Bonchev–Trinajstić information content (AvgIpc) is 3.09. The fourth-order valence-electron chi connectivity index (χ4n) is 2.91. The maximum atomic E-state index is 12.3. The van der Waals surface area contributed by atoms with Gasteiger partial charge in [0.1, 0.15) is 5.75 Å². The molecule has 0 saturated heterocycles. The minimum absolute atomic E-state index is 0.321. The number of methoxy groups -OCH3 is 1. The van der Waals surface area contributed by atoms with Crippen LogP contribution in [0.25, 0.3) is 0 Å². The van der Waals surface area contributed by atoms with Crippen LogP contribution in [0.1, 0.15) is 26.3 Å². The monoisotopic (exact) mass is 389 g/mol. The lowest BCUT2D eigenvalue weighted by Crippen LogP contribution is -2.27. The number of ketones is 1. The lowest BCUT2D eigenvalue weighted by atomic mass is 10.1. The van der Waals surface area contributed by atoms with Crippen molar-refractivity contribution in [1.29, 1.82) is 0 Å². The molecule has 0 radical (unpaired) electrons. The highest BCUT2D eigenvalue weighted by Crippen LogP contribution is 2.30. The number of sulfonamides is 1. The quantitative estimate of drug-likeness (QED) is 0.555. The zero-order valence-electron chi connectivity index (χ0n) is 15.0. The standard InChI is InChI=1S/C19H19NO6S/c1-25-16-6-3-13(4-7-16)19(22)26-12-18(21)15-5-8-17-14(11-15)9-10-20(17)27(2,23)24/h3-8,11H,9-10,12H2,1-2H3. The Balaban J connectivity index is 1.66. The van der Waals surface area contributed by atoms with Gasteiger partial charge in [-0.2, -0.15) is 0 Å². The molecular formula is C19H19NO6S. The number of Topliss-reactive ketones (excluding diaryl/α,β-unsaturated/α-hetero) is 1. The molecule has 0 saturated carbocycles. The van der Waals surface area contributed by atoms with Crippen LogP contribution in [0.3, 0.4) is 0 Å². The number of fused-ring (bicyclic) bond motifs is 1. The van der Waals surface area contributed by atoms with Gasteiger partial charge in [0, 0.05) is 12.1 Å². The molecule has 0 bridgehead atoms. The van der Waals surface area contributed by atoms with E-state index in [0.717, 1.165) is 11.8 Å². The summed E-state index contributed by atoms with van der Waals surface area (Å²) >= 11 is 0. The van der Waals surface area contributed by atoms with Gasteiger partial charge < -0.3 is 9.47 Å². The highest BCUT2D eigenvalue weighted by atomic mass is 32.2. The van der Waals surface area contributed by atoms with Gasteiger partial charge in [-0.15, -0.1) is 0 Å². The second kappa shape index (κ2) is 7.40. The Labute approximate surface area is 157 Å². The minimum atomic E-state index is -3.34.